The van der Waals surface area contributed by atoms with Crippen LogP contribution in [0.2, 0.25) is 5.02 Å². The van der Waals surface area contributed by atoms with Gasteiger partial charge in [0.15, 0.2) is 5.82 Å². The van der Waals surface area contributed by atoms with Crippen molar-refractivity contribution in [2.45, 2.75) is 37.2 Å². The monoisotopic (exact) mass is 350 g/mol. The van der Waals surface area contributed by atoms with Crippen molar-refractivity contribution >= 4 is 23.4 Å². The zero-order valence-corrected chi connectivity index (χ0v) is 14.5. The molecule has 2 aromatic heterocycles. The molecule has 120 valence electrons. The lowest BCUT2D eigenvalue weighted by atomic mass is 9.96. The van der Waals surface area contributed by atoms with Crippen molar-refractivity contribution in [2.24, 2.45) is 0 Å². The average molecular weight is 351 g/mol. The van der Waals surface area contributed by atoms with Gasteiger partial charge in [-0.3, -0.25) is 0 Å². The smallest absolute Gasteiger partial charge is 0.277 e. The van der Waals surface area contributed by atoms with Crippen LogP contribution in [0.4, 0.5) is 0 Å². The van der Waals surface area contributed by atoms with Crippen LogP contribution < -0.4 is 0 Å². The molecule has 0 aliphatic rings. The Balaban J connectivity index is 1.65. The van der Waals surface area contributed by atoms with Gasteiger partial charge < -0.3 is 8.94 Å². The zero-order chi connectivity index (χ0) is 16.4. The second-order valence-corrected chi connectivity index (χ2v) is 7.29. The molecule has 8 heteroatoms. The van der Waals surface area contributed by atoms with Crippen molar-refractivity contribution in [3.8, 4) is 11.5 Å². The average Bonchev–Trinajstić information content (AvgIpc) is 3.15. The van der Waals surface area contributed by atoms with E-state index in [2.05, 4.69) is 20.3 Å². The molecule has 0 atom stereocenters. The molecule has 0 unspecified atom stereocenters. The Kier molecular flexibility index (Phi) is 4.41. The van der Waals surface area contributed by atoms with E-state index in [0.29, 0.717) is 33.6 Å². The Morgan fingerprint density at radius 2 is 1.87 bits per heavy atom. The van der Waals surface area contributed by atoms with Crippen LogP contribution in [0.5, 0.6) is 0 Å². The summed E-state index contributed by atoms with van der Waals surface area (Å²) >= 11 is 7.22. The molecule has 6 nitrogen and oxygen atoms in total. The van der Waals surface area contributed by atoms with Crippen LogP contribution in [0.15, 0.2) is 38.4 Å². The Morgan fingerprint density at radius 3 is 2.52 bits per heavy atom. The molecule has 3 aromatic rings. The molecule has 23 heavy (non-hydrogen) atoms. The molecular weight excluding hydrogens is 336 g/mol. The third kappa shape index (κ3) is 3.92. The van der Waals surface area contributed by atoms with E-state index < -0.39 is 0 Å². The molecule has 2 heterocycles. The van der Waals surface area contributed by atoms with Crippen molar-refractivity contribution in [2.75, 3.05) is 0 Å². The fraction of sp³-hybridized carbons (Fsp3) is 0.333. The maximum absolute atomic E-state index is 5.86. The maximum atomic E-state index is 5.86. The van der Waals surface area contributed by atoms with E-state index in [0.717, 1.165) is 5.56 Å². The van der Waals surface area contributed by atoms with Crippen LogP contribution in [0.3, 0.4) is 0 Å². The number of rotatable bonds is 4. The SMILES string of the molecule is CC(C)(C)c1noc(CSc2nnc(-c3ccc(Cl)cc3)o2)n1. The number of hydrogen-bond donors (Lipinski definition) is 0. The van der Waals surface area contributed by atoms with Crippen LogP contribution >= 0.6 is 23.4 Å². The van der Waals surface area contributed by atoms with Crippen LogP contribution in [-0.4, -0.2) is 20.3 Å². The van der Waals surface area contributed by atoms with Gasteiger partial charge in [0.1, 0.15) is 0 Å². The minimum atomic E-state index is -0.140. The fourth-order valence-corrected chi connectivity index (χ4v) is 2.45. The van der Waals surface area contributed by atoms with Crippen molar-refractivity contribution in [1.29, 1.82) is 0 Å². The van der Waals surface area contributed by atoms with Crippen molar-refractivity contribution in [1.82, 2.24) is 20.3 Å². The summed E-state index contributed by atoms with van der Waals surface area (Å²) in [6.07, 6.45) is 0. The number of hydrogen-bond acceptors (Lipinski definition) is 7. The van der Waals surface area contributed by atoms with E-state index in [1.165, 1.54) is 11.8 Å². The third-order valence-corrected chi connectivity index (χ3v) is 4.01. The highest BCUT2D eigenvalue weighted by Crippen LogP contribution is 2.27. The van der Waals surface area contributed by atoms with Gasteiger partial charge >= 0.3 is 0 Å². The molecule has 0 amide bonds. The summed E-state index contributed by atoms with van der Waals surface area (Å²) in [5.74, 6) is 2.14. The molecule has 0 spiro atoms. The summed E-state index contributed by atoms with van der Waals surface area (Å²) in [7, 11) is 0. The van der Waals surface area contributed by atoms with Gasteiger partial charge in [-0.2, -0.15) is 4.98 Å². The second kappa shape index (κ2) is 6.33. The summed E-state index contributed by atoms with van der Waals surface area (Å²) in [5, 5.41) is 13.1. The molecule has 0 bridgehead atoms. The van der Waals surface area contributed by atoms with Gasteiger partial charge in [-0.1, -0.05) is 49.3 Å². The predicted molar refractivity (Wildman–Crippen MR) is 87.3 cm³/mol. The summed E-state index contributed by atoms with van der Waals surface area (Å²) < 4.78 is 10.8. The minimum Gasteiger partial charge on any atom is -0.411 e. The number of benzene rings is 1. The van der Waals surface area contributed by atoms with Crippen molar-refractivity contribution in [3.63, 3.8) is 0 Å². The first-order valence-corrected chi connectivity index (χ1v) is 8.33. The number of thioether (sulfide) groups is 1. The lowest BCUT2D eigenvalue weighted by Gasteiger charge is -2.10. The van der Waals surface area contributed by atoms with Crippen LogP contribution in [0, 0.1) is 0 Å². The second-order valence-electron chi connectivity index (χ2n) is 5.93. The number of nitrogens with zero attached hydrogens (tertiary/aromatic N) is 4. The predicted octanol–water partition coefficient (Wildman–Crippen LogP) is 4.36. The first-order chi connectivity index (χ1) is 10.9. The lowest BCUT2D eigenvalue weighted by molar-refractivity contribution is 0.372. The van der Waals surface area contributed by atoms with Gasteiger partial charge in [0.05, 0.1) is 5.75 Å². The summed E-state index contributed by atoms with van der Waals surface area (Å²) in [6.45, 7) is 6.10. The number of halogens is 1. The highest BCUT2D eigenvalue weighted by atomic mass is 35.5. The van der Waals surface area contributed by atoms with Crippen molar-refractivity contribution < 1.29 is 8.94 Å². The third-order valence-electron chi connectivity index (χ3n) is 2.96. The minimum absolute atomic E-state index is 0.140. The Hall–Kier alpha value is -1.86. The molecule has 0 aliphatic heterocycles. The standard InChI is InChI=1S/C15H15ClN4O2S/c1-15(2,3)13-17-11(22-20-13)8-23-14-19-18-12(21-14)9-4-6-10(16)7-5-9/h4-7H,8H2,1-3H3. The molecular formula is C15H15ClN4O2S. The van der Waals surface area contributed by atoms with Gasteiger partial charge in [-0.25, -0.2) is 0 Å². The summed E-state index contributed by atoms with van der Waals surface area (Å²) in [5.41, 5.74) is 0.681. The topological polar surface area (TPSA) is 77.8 Å². The molecule has 3 rings (SSSR count). The normalized spacial score (nSPS) is 11.8. The van der Waals surface area contributed by atoms with Gasteiger partial charge in [0, 0.05) is 16.0 Å². The summed E-state index contributed by atoms with van der Waals surface area (Å²) in [4.78, 5) is 4.37. The highest BCUT2D eigenvalue weighted by Gasteiger charge is 2.21. The van der Waals surface area contributed by atoms with Gasteiger partial charge in [-0.05, 0) is 24.3 Å². The van der Waals surface area contributed by atoms with E-state index in [1.54, 1.807) is 12.1 Å². The summed E-state index contributed by atoms with van der Waals surface area (Å²) in [6, 6.07) is 7.22. The Labute approximate surface area is 142 Å². The van der Waals surface area contributed by atoms with Crippen LogP contribution in [0.1, 0.15) is 32.5 Å². The van der Waals surface area contributed by atoms with Gasteiger partial charge in [0.25, 0.3) is 5.22 Å². The van der Waals surface area contributed by atoms with Gasteiger partial charge in [0.2, 0.25) is 11.8 Å². The maximum Gasteiger partial charge on any atom is 0.277 e. The van der Waals surface area contributed by atoms with E-state index in [4.69, 9.17) is 20.5 Å². The molecule has 0 N–H and O–H groups in total. The quantitative estimate of drug-likeness (QED) is 0.646. The van der Waals surface area contributed by atoms with E-state index in [-0.39, 0.29) is 5.41 Å². The molecule has 0 radical (unpaired) electrons. The van der Waals surface area contributed by atoms with E-state index in [9.17, 15) is 0 Å². The highest BCUT2D eigenvalue weighted by molar-refractivity contribution is 7.98. The molecule has 1 aromatic carbocycles. The van der Waals surface area contributed by atoms with Crippen molar-refractivity contribution in [3.05, 3.63) is 41.0 Å². The number of aromatic nitrogens is 4. The molecule has 0 aliphatic carbocycles. The lowest BCUT2D eigenvalue weighted by Crippen LogP contribution is -2.13. The van der Waals surface area contributed by atoms with E-state index >= 15 is 0 Å². The first kappa shape index (κ1) is 16.0. The zero-order valence-electron chi connectivity index (χ0n) is 12.9. The van der Waals surface area contributed by atoms with E-state index in [1.807, 2.05) is 32.9 Å². The largest absolute Gasteiger partial charge is 0.411 e. The Morgan fingerprint density at radius 1 is 1.13 bits per heavy atom. The first-order valence-electron chi connectivity index (χ1n) is 6.97. The fourth-order valence-electron chi connectivity index (χ4n) is 1.72. The molecule has 0 saturated carbocycles. The van der Waals surface area contributed by atoms with Gasteiger partial charge in [-0.15, -0.1) is 10.2 Å². The molecule has 0 fully saturated rings. The Bertz CT molecular complexity index is 792. The van der Waals surface area contributed by atoms with Crippen LogP contribution in [-0.2, 0) is 11.2 Å². The molecule has 0 saturated heterocycles. The van der Waals surface area contributed by atoms with Crippen LogP contribution in [0.25, 0.3) is 11.5 Å².